The number of nitrogens with zero attached hydrogens (tertiary/aromatic N) is 2. The number of hydrogen-bond donors (Lipinski definition) is 0. The van der Waals surface area contributed by atoms with Crippen LogP contribution in [0.1, 0.15) is 12.5 Å². The van der Waals surface area contributed by atoms with Crippen LogP contribution < -0.4 is 5.01 Å². The van der Waals surface area contributed by atoms with Gasteiger partial charge >= 0.3 is 0 Å². The van der Waals surface area contributed by atoms with Gasteiger partial charge in [-0.3, -0.25) is 4.79 Å². The van der Waals surface area contributed by atoms with Crippen molar-refractivity contribution in [2.24, 2.45) is 5.10 Å². The molecule has 5 heteroatoms. The zero-order chi connectivity index (χ0) is 15.7. The number of hydrazone groups is 1. The maximum Gasteiger partial charge on any atom is 0.280 e. The summed E-state index contributed by atoms with van der Waals surface area (Å²) in [6, 6.07) is 14.3. The first kappa shape index (κ1) is 14.8. The SMILES string of the molecule is CC1=NN(c2ccc(Cl)cc2)C(=O)/C1=C\c1ccc(Cl)cc1. The number of anilines is 1. The van der Waals surface area contributed by atoms with Crippen molar-refractivity contribution in [1.82, 2.24) is 0 Å². The first-order chi connectivity index (χ1) is 10.5. The molecule has 1 heterocycles. The third kappa shape index (κ3) is 2.91. The number of benzene rings is 2. The molecule has 1 aliphatic rings. The van der Waals surface area contributed by atoms with Gasteiger partial charge in [0.15, 0.2) is 0 Å². The fraction of sp³-hybridized carbons (Fsp3) is 0.0588. The molecule has 1 aliphatic heterocycles. The van der Waals surface area contributed by atoms with E-state index in [0.717, 1.165) is 5.56 Å². The number of carbonyl (C=O) groups excluding carboxylic acids is 1. The molecule has 0 fully saturated rings. The van der Waals surface area contributed by atoms with Gasteiger partial charge in [0.2, 0.25) is 0 Å². The Kier molecular flexibility index (Phi) is 4.01. The molecule has 0 unspecified atom stereocenters. The molecule has 3 rings (SSSR count). The quantitative estimate of drug-likeness (QED) is 0.728. The average molecular weight is 331 g/mol. The summed E-state index contributed by atoms with van der Waals surface area (Å²) in [6.45, 7) is 1.82. The van der Waals surface area contributed by atoms with Gasteiger partial charge in [0, 0.05) is 10.0 Å². The number of amides is 1. The Morgan fingerprint density at radius 2 is 1.50 bits per heavy atom. The summed E-state index contributed by atoms with van der Waals surface area (Å²) in [7, 11) is 0. The summed E-state index contributed by atoms with van der Waals surface area (Å²) in [5.41, 5.74) is 2.83. The highest BCUT2D eigenvalue weighted by Gasteiger charge is 2.28. The summed E-state index contributed by atoms with van der Waals surface area (Å²) in [5, 5.41) is 6.99. The highest BCUT2D eigenvalue weighted by molar-refractivity contribution is 6.33. The van der Waals surface area contributed by atoms with E-state index in [2.05, 4.69) is 5.10 Å². The summed E-state index contributed by atoms with van der Waals surface area (Å²) in [5.74, 6) is -0.158. The molecule has 0 N–H and O–H groups in total. The lowest BCUT2D eigenvalue weighted by molar-refractivity contribution is -0.114. The van der Waals surface area contributed by atoms with E-state index in [0.29, 0.717) is 27.0 Å². The minimum atomic E-state index is -0.158. The predicted octanol–water partition coefficient (Wildman–Crippen LogP) is 4.80. The van der Waals surface area contributed by atoms with Crippen molar-refractivity contribution < 1.29 is 4.79 Å². The topological polar surface area (TPSA) is 32.7 Å². The third-order valence-electron chi connectivity index (χ3n) is 3.31. The molecule has 0 radical (unpaired) electrons. The van der Waals surface area contributed by atoms with Gasteiger partial charge in [-0.15, -0.1) is 0 Å². The largest absolute Gasteiger partial charge is 0.280 e. The van der Waals surface area contributed by atoms with Crippen LogP contribution in [0.15, 0.2) is 59.2 Å². The highest BCUT2D eigenvalue weighted by atomic mass is 35.5. The zero-order valence-electron chi connectivity index (χ0n) is 11.8. The van der Waals surface area contributed by atoms with Crippen LogP contribution in [0.5, 0.6) is 0 Å². The standard InChI is InChI=1S/C17H12Cl2N2O/c1-11-16(10-12-2-4-13(18)5-3-12)17(22)21(20-11)15-8-6-14(19)7-9-15/h2-10H,1H3/b16-10-. The van der Waals surface area contributed by atoms with E-state index >= 15 is 0 Å². The Bertz CT molecular complexity index is 777. The monoisotopic (exact) mass is 330 g/mol. The number of carbonyl (C=O) groups is 1. The second-order valence-electron chi connectivity index (χ2n) is 4.89. The molecule has 2 aromatic carbocycles. The van der Waals surface area contributed by atoms with Crippen LogP contribution in [0, 0.1) is 0 Å². The Balaban J connectivity index is 1.92. The first-order valence-corrected chi connectivity index (χ1v) is 7.43. The van der Waals surface area contributed by atoms with Crippen LogP contribution in [0.25, 0.3) is 6.08 Å². The molecule has 0 aromatic heterocycles. The van der Waals surface area contributed by atoms with E-state index in [1.54, 1.807) is 36.4 Å². The number of hydrogen-bond acceptors (Lipinski definition) is 2. The molecule has 0 spiro atoms. The van der Waals surface area contributed by atoms with Crippen LogP contribution in [0.2, 0.25) is 10.0 Å². The van der Waals surface area contributed by atoms with Crippen LogP contribution in [0.3, 0.4) is 0 Å². The van der Waals surface area contributed by atoms with Crippen LogP contribution >= 0.6 is 23.2 Å². The molecule has 2 aromatic rings. The molecule has 3 nitrogen and oxygen atoms in total. The maximum absolute atomic E-state index is 12.6. The van der Waals surface area contributed by atoms with Crippen molar-refractivity contribution in [2.75, 3.05) is 5.01 Å². The fourth-order valence-corrected chi connectivity index (χ4v) is 2.42. The molecular formula is C17H12Cl2N2O. The van der Waals surface area contributed by atoms with Gasteiger partial charge in [-0.2, -0.15) is 10.1 Å². The Morgan fingerprint density at radius 3 is 2.09 bits per heavy atom. The van der Waals surface area contributed by atoms with Gasteiger partial charge in [0.05, 0.1) is 17.0 Å². The van der Waals surface area contributed by atoms with Crippen molar-refractivity contribution in [3.8, 4) is 0 Å². The summed E-state index contributed by atoms with van der Waals surface area (Å²) >= 11 is 11.7. The van der Waals surface area contributed by atoms with Crippen LogP contribution in [0.4, 0.5) is 5.69 Å². The maximum atomic E-state index is 12.6. The smallest absolute Gasteiger partial charge is 0.267 e. The van der Waals surface area contributed by atoms with E-state index in [1.165, 1.54) is 5.01 Å². The van der Waals surface area contributed by atoms with Crippen molar-refractivity contribution in [3.05, 3.63) is 69.7 Å². The summed E-state index contributed by atoms with van der Waals surface area (Å²) < 4.78 is 0. The van der Waals surface area contributed by atoms with Gasteiger partial charge < -0.3 is 0 Å². The Morgan fingerprint density at radius 1 is 0.955 bits per heavy atom. The lowest BCUT2D eigenvalue weighted by Crippen LogP contribution is -2.21. The number of rotatable bonds is 2. The average Bonchev–Trinajstić information content (AvgIpc) is 2.78. The third-order valence-corrected chi connectivity index (χ3v) is 3.82. The van der Waals surface area contributed by atoms with E-state index in [-0.39, 0.29) is 5.91 Å². The minimum Gasteiger partial charge on any atom is -0.267 e. The van der Waals surface area contributed by atoms with Crippen molar-refractivity contribution in [1.29, 1.82) is 0 Å². The highest BCUT2D eigenvalue weighted by Crippen LogP contribution is 2.26. The second-order valence-corrected chi connectivity index (χ2v) is 5.76. The van der Waals surface area contributed by atoms with Crippen molar-refractivity contribution >= 4 is 46.6 Å². The van der Waals surface area contributed by atoms with Gasteiger partial charge in [0.25, 0.3) is 5.91 Å². The van der Waals surface area contributed by atoms with Gasteiger partial charge in [-0.25, -0.2) is 0 Å². The fourth-order valence-electron chi connectivity index (χ4n) is 2.17. The Labute approximate surface area is 138 Å². The van der Waals surface area contributed by atoms with E-state index in [4.69, 9.17) is 23.2 Å². The van der Waals surface area contributed by atoms with Crippen LogP contribution in [-0.4, -0.2) is 11.6 Å². The first-order valence-electron chi connectivity index (χ1n) is 6.67. The van der Waals surface area contributed by atoms with Gasteiger partial charge in [0.1, 0.15) is 0 Å². The molecule has 0 aliphatic carbocycles. The molecule has 0 saturated heterocycles. The Hall–Kier alpha value is -2.10. The predicted molar refractivity (Wildman–Crippen MR) is 91.5 cm³/mol. The van der Waals surface area contributed by atoms with Crippen molar-refractivity contribution in [3.63, 3.8) is 0 Å². The summed E-state index contributed by atoms with van der Waals surface area (Å²) in [6.07, 6.45) is 1.81. The molecular weight excluding hydrogens is 319 g/mol. The number of halogens is 2. The van der Waals surface area contributed by atoms with E-state index < -0.39 is 0 Å². The normalized spacial score (nSPS) is 16.3. The second kappa shape index (κ2) is 5.95. The lowest BCUT2D eigenvalue weighted by Gasteiger charge is -2.11. The van der Waals surface area contributed by atoms with Crippen molar-refractivity contribution in [2.45, 2.75) is 6.92 Å². The molecule has 0 atom stereocenters. The van der Waals surface area contributed by atoms with Gasteiger partial charge in [-0.05, 0) is 55.0 Å². The summed E-state index contributed by atoms with van der Waals surface area (Å²) in [4.78, 5) is 12.6. The molecule has 1 amide bonds. The minimum absolute atomic E-state index is 0.158. The molecule has 0 saturated carbocycles. The molecule has 110 valence electrons. The lowest BCUT2D eigenvalue weighted by atomic mass is 10.1. The van der Waals surface area contributed by atoms with Crippen LogP contribution in [-0.2, 0) is 4.79 Å². The zero-order valence-corrected chi connectivity index (χ0v) is 13.3. The van der Waals surface area contributed by atoms with E-state index in [9.17, 15) is 4.79 Å². The van der Waals surface area contributed by atoms with Gasteiger partial charge in [-0.1, -0.05) is 35.3 Å². The molecule has 0 bridgehead atoms. The molecule has 22 heavy (non-hydrogen) atoms. The van der Waals surface area contributed by atoms with E-state index in [1.807, 2.05) is 25.1 Å².